The third-order valence-electron chi connectivity index (χ3n) is 5.24. The summed E-state index contributed by atoms with van der Waals surface area (Å²) in [4.78, 5) is 18.6. The van der Waals surface area contributed by atoms with Gasteiger partial charge in [-0.15, -0.1) is 0 Å². The Balaban J connectivity index is 1.68. The van der Waals surface area contributed by atoms with Crippen molar-refractivity contribution in [3.05, 3.63) is 11.7 Å². The summed E-state index contributed by atoms with van der Waals surface area (Å²) in [6.07, 6.45) is 3.14. The highest BCUT2D eigenvalue weighted by atomic mass is 32.2. The third kappa shape index (κ3) is 2.37. The second kappa shape index (κ2) is 4.76. The van der Waals surface area contributed by atoms with Crippen LogP contribution in [0.5, 0.6) is 0 Å². The molecule has 1 aromatic rings. The van der Waals surface area contributed by atoms with E-state index >= 15 is 0 Å². The van der Waals surface area contributed by atoms with Crippen molar-refractivity contribution in [3.8, 4) is 0 Å². The minimum absolute atomic E-state index is 0.000208. The first-order chi connectivity index (χ1) is 10.8. The molecule has 126 valence electrons. The van der Waals surface area contributed by atoms with Crippen LogP contribution in [0, 0.1) is 18.8 Å². The van der Waals surface area contributed by atoms with Gasteiger partial charge in [0, 0.05) is 38.0 Å². The summed E-state index contributed by atoms with van der Waals surface area (Å²) in [5, 5.41) is 3.86. The van der Waals surface area contributed by atoms with E-state index in [0.717, 1.165) is 12.8 Å². The zero-order valence-electron chi connectivity index (χ0n) is 13.2. The first kappa shape index (κ1) is 15.1. The molecular weight excluding hydrogens is 320 g/mol. The van der Waals surface area contributed by atoms with Gasteiger partial charge in [0.05, 0.1) is 11.7 Å². The van der Waals surface area contributed by atoms with E-state index in [2.05, 4.69) is 10.1 Å². The number of hydrogen-bond acceptors (Lipinski definition) is 6. The number of amides is 1. The summed E-state index contributed by atoms with van der Waals surface area (Å²) in [6.45, 7) is 3.45. The second-order valence-corrected chi connectivity index (χ2v) is 9.03. The highest BCUT2D eigenvalue weighted by Crippen LogP contribution is 2.46. The Morgan fingerprint density at radius 3 is 2.61 bits per heavy atom. The standard InChI is InChI=1S/C14H20N4O4S/c1-9-15-13(22-16-9)14-7-17(12(19)10-3-4-10)5-11(14)6-18(8-14)23(2,20)21/h10-11H,3-8H2,1-2H3/t11-,14-/m1/s1. The fraction of sp³-hybridized carbons (Fsp3) is 0.786. The molecule has 4 rings (SSSR count). The first-order valence-electron chi connectivity index (χ1n) is 7.84. The van der Waals surface area contributed by atoms with E-state index < -0.39 is 15.4 Å². The SMILES string of the molecule is Cc1noc([C@@]23CN(C(=O)C4CC4)C[C@@H]2CN(S(C)(=O)=O)C3)n1. The van der Waals surface area contributed by atoms with Crippen molar-refractivity contribution < 1.29 is 17.7 Å². The van der Waals surface area contributed by atoms with Crippen LogP contribution >= 0.6 is 0 Å². The molecule has 3 heterocycles. The van der Waals surface area contributed by atoms with Gasteiger partial charge >= 0.3 is 0 Å². The number of carbonyl (C=O) groups excluding carboxylic acids is 1. The fourth-order valence-electron chi connectivity index (χ4n) is 3.83. The maximum Gasteiger partial charge on any atom is 0.236 e. The van der Waals surface area contributed by atoms with Crippen molar-refractivity contribution in [1.82, 2.24) is 19.3 Å². The van der Waals surface area contributed by atoms with Gasteiger partial charge in [-0.1, -0.05) is 5.16 Å². The molecule has 2 atom stereocenters. The molecule has 0 aromatic carbocycles. The molecule has 1 aromatic heterocycles. The summed E-state index contributed by atoms with van der Waals surface area (Å²) in [5.41, 5.74) is -0.575. The van der Waals surface area contributed by atoms with Crippen molar-refractivity contribution in [2.75, 3.05) is 32.4 Å². The highest BCUT2D eigenvalue weighted by Gasteiger charge is 2.60. The average Bonchev–Trinajstić information content (AvgIpc) is 2.94. The number of aromatic nitrogens is 2. The number of fused-ring (bicyclic) bond motifs is 1. The van der Waals surface area contributed by atoms with Gasteiger partial charge in [0.1, 0.15) is 0 Å². The van der Waals surface area contributed by atoms with Gasteiger partial charge in [-0.3, -0.25) is 4.79 Å². The van der Waals surface area contributed by atoms with Crippen LogP contribution in [-0.4, -0.2) is 66.1 Å². The van der Waals surface area contributed by atoms with E-state index in [-0.39, 0.29) is 17.7 Å². The van der Waals surface area contributed by atoms with Crippen molar-refractivity contribution in [1.29, 1.82) is 0 Å². The van der Waals surface area contributed by atoms with Gasteiger partial charge in [0.15, 0.2) is 5.82 Å². The molecule has 8 nitrogen and oxygen atoms in total. The maximum atomic E-state index is 12.4. The van der Waals surface area contributed by atoms with Gasteiger partial charge in [-0.25, -0.2) is 12.7 Å². The topological polar surface area (TPSA) is 96.6 Å². The molecule has 0 bridgehead atoms. The Labute approximate surface area is 134 Å². The molecule has 0 spiro atoms. The van der Waals surface area contributed by atoms with Crippen LogP contribution in [0.3, 0.4) is 0 Å². The number of nitrogens with zero attached hydrogens (tertiary/aromatic N) is 4. The summed E-state index contributed by atoms with van der Waals surface area (Å²) in [6, 6.07) is 0. The van der Waals surface area contributed by atoms with Gasteiger partial charge in [-0.2, -0.15) is 4.98 Å². The summed E-state index contributed by atoms with van der Waals surface area (Å²) < 4.78 is 30.8. The molecule has 3 aliphatic rings. The Bertz CT molecular complexity index is 757. The van der Waals surface area contributed by atoms with Crippen LogP contribution in [0.4, 0.5) is 0 Å². The lowest BCUT2D eigenvalue weighted by Crippen LogP contribution is -2.41. The molecule has 1 amide bonds. The molecule has 0 N–H and O–H groups in total. The molecule has 9 heteroatoms. The Hall–Kier alpha value is -1.48. The van der Waals surface area contributed by atoms with Crippen LogP contribution in [-0.2, 0) is 20.2 Å². The van der Waals surface area contributed by atoms with Crippen LogP contribution in [0.15, 0.2) is 4.52 Å². The predicted molar refractivity (Wildman–Crippen MR) is 79.9 cm³/mol. The zero-order chi connectivity index (χ0) is 16.4. The highest BCUT2D eigenvalue weighted by molar-refractivity contribution is 7.88. The molecule has 0 radical (unpaired) electrons. The Kier molecular flexibility index (Phi) is 3.12. The van der Waals surface area contributed by atoms with Crippen LogP contribution in [0.1, 0.15) is 24.6 Å². The molecule has 23 heavy (non-hydrogen) atoms. The number of hydrogen-bond donors (Lipinski definition) is 0. The number of likely N-dealkylation sites (tertiary alicyclic amines) is 1. The smallest absolute Gasteiger partial charge is 0.236 e. The maximum absolute atomic E-state index is 12.4. The Morgan fingerprint density at radius 2 is 2.04 bits per heavy atom. The normalized spacial score (nSPS) is 31.6. The van der Waals surface area contributed by atoms with Gasteiger partial charge < -0.3 is 9.42 Å². The second-order valence-electron chi connectivity index (χ2n) is 7.05. The number of sulfonamides is 1. The van der Waals surface area contributed by atoms with Crippen molar-refractivity contribution in [3.63, 3.8) is 0 Å². The number of carbonyl (C=O) groups is 1. The largest absolute Gasteiger partial charge is 0.341 e. The van der Waals surface area contributed by atoms with E-state index in [0.29, 0.717) is 37.9 Å². The summed E-state index contributed by atoms with van der Waals surface area (Å²) in [7, 11) is -3.29. The molecule has 3 fully saturated rings. The lowest BCUT2D eigenvalue weighted by molar-refractivity contribution is -0.131. The monoisotopic (exact) mass is 340 g/mol. The number of aryl methyl sites for hydroxylation is 1. The zero-order valence-corrected chi connectivity index (χ0v) is 14.0. The van der Waals surface area contributed by atoms with Crippen LogP contribution in [0.25, 0.3) is 0 Å². The Morgan fingerprint density at radius 1 is 1.30 bits per heavy atom. The van der Waals surface area contributed by atoms with Crippen molar-refractivity contribution in [2.24, 2.45) is 11.8 Å². The minimum Gasteiger partial charge on any atom is -0.341 e. The summed E-state index contributed by atoms with van der Waals surface area (Å²) in [5.74, 6) is 1.32. The lowest BCUT2D eigenvalue weighted by atomic mass is 9.81. The van der Waals surface area contributed by atoms with Crippen LogP contribution in [0.2, 0.25) is 0 Å². The lowest BCUT2D eigenvalue weighted by Gasteiger charge is -2.25. The molecule has 1 aliphatic carbocycles. The quantitative estimate of drug-likeness (QED) is 0.753. The molecule has 0 unspecified atom stereocenters. The molecule has 2 aliphatic heterocycles. The van der Waals surface area contributed by atoms with E-state index in [1.165, 1.54) is 10.6 Å². The third-order valence-corrected chi connectivity index (χ3v) is 6.45. The van der Waals surface area contributed by atoms with Gasteiger partial charge in [-0.05, 0) is 19.8 Å². The number of rotatable bonds is 3. The van der Waals surface area contributed by atoms with Crippen molar-refractivity contribution >= 4 is 15.9 Å². The molecular formula is C14H20N4O4S. The average molecular weight is 340 g/mol. The van der Waals surface area contributed by atoms with Crippen molar-refractivity contribution in [2.45, 2.75) is 25.2 Å². The van der Waals surface area contributed by atoms with E-state index in [1.807, 2.05) is 4.90 Å². The molecule has 1 saturated carbocycles. The fourth-order valence-corrected chi connectivity index (χ4v) is 4.75. The van der Waals surface area contributed by atoms with Gasteiger partial charge in [0.2, 0.25) is 21.8 Å². The molecule has 2 saturated heterocycles. The predicted octanol–water partition coefficient (Wildman–Crippen LogP) is -0.241. The van der Waals surface area contributed by atoms with E-state index in [4.69, 9.17) is 4.52 Å². The van der Waals surface area contributed by atoms with E-state index in [9.17, 15) is 13.2 Å². The van der Waals surface area contributed by atoms with E-state index in [1.54, 1.807) is 6.92 Å². The van der Waals surface area contributed by atoms with Gasteiger partial charge in [0.25, 0.3) is 0 Å². The summed E-state index contributed by atoms with van der Waals surface area (Å²) >= 11 is 0. The first-order valence-corrected chi connectivity index (χ1v) is 9.69. The van der Waals surface area contributed by atoms with Crippen LogP contribution < -0.4 is 0 Å². The minimum atomic E-state index is -3.29.